The van der Waals surface area contributed by atoms with Crippen molar-refractivity contribution in [2.75, 3.05) is 0 Å². The normalized spacial score (nSPS) is 19.2. The molecule has 0 aromatic carbocycles. The highest BCUT2D eigenvalue weighted by Gasteiger charge is 2.50. The molecule has 1 N–H and O–H groups in total. The molecule has 1 fully saturated rings. The topological polar surface area (TPSA) is 63.2 Å². The molecule has 0 radical (unpaired) electrons. The average Bonchev–Trinajstić information content (AvgIpc) is 2.68. The highest BCUT2D eigenvalue weighted by atomic mass is 32.2. The predicted octanol–water partition coefficient (Wildman–Crippen LogP) is 0.561. The Morgan fingerprint density at radius 1 is 1.46 bits per heavy atom. The highest BCUT2D eigenvalue weighted by molar-refractivity contribution is 7.91. The Kier molecular flexibility index (Phi) is 2.23. The van der Waals surface area contributed by atoms with E-state index in [1.54, 1.807) is 6.92 Å². The maximum Gasteiger partial charge on any atom is 0.259 e. The van der Waals surface area contributed by atoms with E-state index in [1.165, 1.54) is 6.92 Å². The third-order valence-corrected chi connectivity index (χ3v) is 4.38. The van der Waals surface area contributed by atoms with Crippen molar-refractivity contribution in [2.45, 2.75) is 31.4 Å². The van der Waals surface area contributed by atoms with Gasteiger partial charge >= 0.3 is 0 Å². The van der Waals surface area contributed by atoms with Crippen LogP contribution < -0.4 is 4.72 Å². The van der Waals surface area contributed by atoms with Gasteiger partial charge in [0.2, 0.25) is 10.0 Å². The van der Waals surface area contributed by atoms with Crippen molar-refractivity contribution in [3.63, 3.8) is 0 Å². The molecule has 1 rings (SSSR count). The van der Waals surface area contributed by atoms with E-state index in [0.717, 1.165) is 0 Å². The molecule has 1 aliphatic carbocycles. The van der Waals surface area contributed by atoms with Crippen molar-refractivity contribution in [1.82, 2.24) is 4.72 Å². The lowest BCUT2D eigenvalue weighted by Crippen LogP contribution is -2.38. The second-order valence-electron chi connectivity index (χ2n) is 3.66. The number of sulfonamides is 1. The molecule has 0 aromatic rings. The van der Waals surface area contributed by atoms with Crippen LogP contribution in [0.3, 0.4) is 0 Å². The predicted molar refractivity (Wildman–Crippen MR) is 49.5 cm³/mol. The molecule has 1 amide bonds. The molecular formula is C8H13NO3S. The van der Waals surface area contributed by atoms with Crippen LogP contribution in [0.1, 0.15) is 26.7 Å². The van der Waals surface area contributed by atoms with Crippen LogP contribution in [0.25, 0.3) is 0 Å². The molecular weight excluding hydrogens is 190 g/mol. The summed E-state index contributed by atoms with van der Waals surface area (Å²) in [5.74, 6) is -0.617. The standard InChI is InChI=1S/C8H13NO3S/c1-6(2)7(10)9-13(11,12)8(3)4-5-8/h1,4-5H2,2-3H3,(H,9,10). The summed E-state index contributed by atoms with van der Waals surface area (Å²) in [7, 11) is -3.49. The number of carbonyl (C=O) groups excluding carboxylic acids is 1. The number of rotatable bonds is 3. The first kappa shape index (κ1) is 10.2. The molecule has 0 spiro atoms. The maximum atomic E-state index is 11.5. The van der Waals surface area contributed by atoms with E-state index >= 15 is 0 Å². The number of hydrogen-bond acceptors (Lipinski definition) is 3. The quantitative estimate of drug-likeness (QED) is 0.682. The fraction of sp³-hybridized carbons (Fsp3) is 0.625. The largest absolute Gasteiger partial charge is 0.269 e. The molecule has 0 atom stereocenters. The summed E-state index contributed by atoms with van der Waals surface area (Å²) in [4.78, 5) is 11.0. The molecule has 5 heteroatoms. The highest BCUT2D eigenvalue weighted by Crippen LogP contribution is 2.42. The second-order valence-corrected chi connectivity index (χ2v) is 5.86. The van der Waals surface area contributed by atoms with Gasteiger partial charge in [-0.15, -0.1) is 0 Å². The van der Waals surface area contributed by atoms with Gasteiger partial charge in [0.15, 0.2) is 0 Å². The van der Waals surface area contributed by atoms with E-state index in [2.05, 4.69) is 6.58 Å². The van der Waals surface area contributed by atoms with E-state index in [0.29, 0.717) is 12.8 Å². The van der Waals surface area contributed by atoms with Gasteiger partial charge in [-0.3, -0.25) is 4.79 Å². The van der Waals surface area contributed by atoms with Crippen LogP contribution in [0.5, 0.6) is 0 Å². The molecule has 13 heavy (non-hydrogen) atoms. The number of amides is 1. The van der Waals surface area contributed by atoms with Crippen molar-refractivity contribution < 1.29 is 13.2 Å². The van der Waals surface area contributed by atoms with Crippen LogP contribution in [-0.4, -0.2) is 19.1 Å². The number of carbonyl (C=O) groups is 1. The monoisotopic (exact) mass is 203 g/mol. The molecule has 0 heterocycles. The summed E-state index contributed by atoms with van der Waals surface area (Å²) in [5, 5.41) is 0. The van der Waals surface area contributed by atoms with E-state index in [9.17, 15) is 13.2 Å². The smallest absolute Gasteiger partial charge is 0.259 e. The zero-order valence-electron chi connectivity index (χ0n) is 7.75. The Hall–Kier alpha value is -0.840. The summed E-state index contributed by atoms with van der Waals surface area (Å²) in [5.41, 5.74) is 0.202. The van der Waals surface area contributed by atoms with Gasteiger partial charge in [0.1, 0.15) is 0 Å². The van der Waals surface area contributed by atoms with E-state index in [4.69, 9.17) is 0 Å². The van der Waals surface area contributed by atoms with Crippen molar-refractivity contribution in [3.05, 3.63) is 12.2 Å². The first-order chi connectivity index (χ1) is 5.78. The van der Waals surface area contributed by atoms with Crippen molar-refractivity contribution >= 4 is 15.9 Å². The minimum absolute atomic E-state index is 0.202. The lowest BCUT2D eigenvalue weighted by Gasteiger charge is -2.11. The van der Waals surface area contributed by atoms with Gasteiger partial charge in [-0.05, 0) is 26.7 Å². The molecule has 0 unspecified atom stereocenters. The van der Waals surface area contributed by atoms with E-state index < -0.39 is 20.7 Å². The number of hydrogen-bond donors (Lipinski definition) is 1. The fourth-order valence-corrected chi connectivity index (χ4v) is 2.08. The van der Waals surface area contributed by atoms with Gasteiger partial charge in [0, 0.05) is 5.57 Å². The van der Waals surface area contributed by atoms with Gasteiger partial charge in [0.25, 0.3) is 5.91 Å². The van der Waals surface area contributed by atoms with Crippen LogP contribution in [0.2, 0.25) is 0 Å². The third kappa shape index (κ3) is 1.91. The average molecular weight is 203 g/mol. The number of nitrogens with one attached hydrogen (secondary N) is 1. The van der Waals surface area contributed by atoms with Crippen LogP contribution in [0, 0.1) is 0 Å². The van der Waals surface area contributed by atoms with Gasteiger partial charge in [-0.2, -0.15) is 0 Å². The SMILES string of the molecule is C=C(C)C(=O)NS(=O)(=O)C1(C)CC1. The zero-order valence-corrected chi connectivity index (χ0v) is 8.57. The first-order valence-corrected chi connectivity index (χ1v) is 5.49. The lowest BCUT2D eigenvalue weighted by atomic mass is 10.3. The van der Waals surface area contributed by atoms with Gasteiger partial charge in [0.05, 0.1) is 4.75 Å². The van der Waals surface area contributed by atoms with Crippen LogP contribution in [0.4, 0.5) is 0 Å². The Morgan fingerprint density at radius 2 is 1.92 bits per heavy atom. The minimum Gasteiger partial charge on any atom is -0.269 e. The second kappa shape index (κ2) is 2.83. The molecule has 1 aliphatic rings. The summed E-state index contributed by atoms with van der Waals surface area (Å²) in [6, 6.07) is 0. The molecule has 0 aromatic heterocycles. The van der Waals surface area contributed by atoms with Gasteiger partial charge in [-0.1, -0.05) is 6.58 Å². The summed E-state index contributed by atoms with van der Waals surface area (Å²) < 4.78 is 24.2. The van der Waals surface area contributed by atoms with Gasteiger partial charge < -0.3 is 0 Å². The van der Waals surface area contributed by atoms with Crippen molar-refractivity contribution in [1.29, 1.82) is 0 Å². The maximum absolute atomic E-state index is 11.5. The molecule has 0 saturated heterocycles. The molecule has 0 bridgehead atoms. The Labute approximate surface area is 78.1 Å². The van der Waals surface area contributed by atoms with Crippen LogP contribution in [-0.2, 0) is 14.8 Å². The summed E-state index contributed by atoms with van der Waals surface area (Å²) in [6.45, 7) is 6.46. The lowest BCUT2D eigenvalue weighted by molar-refractivity contribution is -0.115. The molecule has 1 saturated carbocycles. The van der Waals surface area contributed by atoms with E-state index in [-0.39, 0.29) is 5.57 Å². The summed E-state index contributed by atoms with van der Waals surface area (Å²) >= 11 is 0. The van der Waals surface area contributed by atoms with Gasteiger partial charge in [-0.25, -0.2) is 13.1 Å². The van der Waals surface area contributed by atoms with Crippen LogP contribution in [0.15, 0.2) is 12.2 Å². The molecule has 74 valence electrons. The summed E-state index contributed by atoms with van der Waals surface area (Å²) in [6.07, 6.45) is 1.23. The first-order valence-electron chi connectivity index (χ1n) is 4.01. The molecule has 4 nitrogen and oxygen atoms in total. The minimum atomic E-state index is -3.49. The zero-order chi connectivity index (χ0) is 10.3. The van der Waals surface area contributed by atoms with Crippen molar-refractivity contribution in [2.24, 2.45) is 0 Å². The fourth-order valence-electron chi connectivity index (χ4n) is 0.777. The molecule has 0 aliphatic heterocycles. The van der Waals surface area contributed by atoms with Crippen LogP contribution >= 0.6 is 0 Å². The van der Waals surface area contributed by atoms with Crippen molar-refractivity contribution in [3.8, 4) is 0 Å². The van der Waals surface area contributed by atoms with E-state index in [1.807, 2.05) is 4.72 Å². The Balaban J connectivity index is 2.74. The Bertz CT molecular complexity index is 352. The third-order valence-electron chi connectivity index (χ3n) is 2.22. The Morgan fingerprint density at radius 3 is 2.23 bits per heavy atom.